The van der Waals surface area contributed by atoms with Crippen LogP contribution >= 0.6 is 22.9 Å². The van der Waals surface area contributed by atoms with Crippen LogP contribution in [0, 0.1) is 0 Å². The van der Waals surface area contributed by atoms with Crippen LogP contribution in [0.5, 0.6) is 5.75 Å². The van der Waals surface area contributed by atoms with E-state index in [9.17, 15) is 8.42 Å². The van der Waals surface area contributed by atoms with Crippen LogP contribution in [-0.2, 0) is 15.9 Å². The van der Waals surface area contributed by atoms with E-state index in [2.05, 4.69) is 0 Å². The number of alkyl halides is 1. The summed E-state index contributed by atoms with van der Waals surface area (Å²) in [5, 5.41) is 1.64. The van der Waals surface area contributed by atoms with Crippen LogP contribution in [0.15, 0.2) is 40.6 Å². The first-order chi connectivity index (χ1) is 10.1. The van der Waals surface area contributed by atoms with Crippen LogP contribution in [0.2, 0.25) is 0 Å². The molecule has 3 rings (SSSR count). The lowest BCUT2D eigenvalue weighted by Crippen LogP contribution is -2.31. The van der Waals surface area contributed by atoms with E-state index in [-0.39, 0.29) is 0 Å². The van der Waals surface area contributed by atoms with Gasteiger partial charge in [0.15, 0.2) is 0 Å². The topological polar surface area (TPSA) is 46.6 Å². The predicted octanol–water partition coefficient (Wildman–Crippen LogP) is 3.46. The first kappa shape index (κ1) is 14.7. The Morgan fingerprint density at radius 2 is 2.14 bits per heavy atom. The normalized spacial score (nSPS) is 15.2. The lowest BCUT2D eigenvalue weighted by atomic mass is 10.3. The number of halogens is 1. The summed E-state index contributed by atoms with van der Waals surface area (Å²) >= 11 is 7.12. The molecular formula is C14H14ClNO3S2. The average molecular weight is 344 g/mol. The van der Waals surface area contributed by atoms with Crippen LogP contribution in [-0.4, -0.2) is 21.6 Å². The first-order valence-electron chi connectivity index (χ1n) is 6.51. The Morgan fingerprint density at radius 1 is 1.33 bits per heavy atom. The molecule has 1 aromatic heterocycles. The SMILES string of the molecule is O=S(=O)(c1csc(CCl)c1)N1CCCOc2ccccc21. The molecule has 21 heavy (non-hydrogen) atoms. The van der Waals surface area contributed by atoms with Gasteiger partial charge in [0.25, 0.3) is 10.0 Å². The molecule has 7 heteroatoms. The zero-order chi connectivity index (χ0) is 14.9. The van der Waals surface area contributed by atoms with Crippen molar-refractivity contribution in [1.82, 2.24) is 0 Å². The summed E-state index contributed by atoms with van der Waals surface area (Å²) in [5.41, 5.74) is 0.591. The van der Waals surface area contributed by atoms with E-state index in [0.29, 0.717) is 41.8 Å². The van der Waals surface area contributed by atoms with Gasteiger partial charge in [-0.2, -0.15) is 0 Å². The number of hydrogen-bond donors (Lipinski definition) is 0. The summed E-state index contributed by atoms with van der Waals surface area (Å²) in [6.45, 7) is 0.922. The van der Waals surface area contributed by atoms with Crippen molar-refractivity contribution < 1.29 is 13.2 Å². The third-order valence-electron chi connectivity index (χ3n) is 3.25. The number of benzene rings is 1. The second-order valence-electron chi connectivity index (χ2n) is 4.63. The van der Waals surface area contributed by atoms with Gasteiger partial charge in [-0.05, 0) is 18.2 Å². The van der Waals surface area contributed by atoms with Crippen molar-refractivity contribution in [3.63, 3.8) is 0 Å². The minimum atomic E-state index is -3.58. The van der Waals surface area contributed by atoms with Gasteiger partial charge in [-0.15, -0.1) is 22.9 Å². The van der Waals surface area contributed by atoms with Crippen molar-refractivity contribution in [2.45, 2.75) is 17.2 Å². The summed E-state index contributed by atoms with van der Waals surface area (Å²) < 4.78 is 32.8. The molecule has 1 aromatic carbocycles. The number of anilines is 1. The maximum Gasteiger partial charge on any atom is 0.265 e. The van der Waals surface area contributed by atoms with Crippen LogP contribution in [0.25, 0.3) is 0 Å². The first-order valence-corrected chi connectivity index (χ1v) is 9.36. The summed E-state index contributed by atoms with van der Waals surface area (Å²) in [6.07, 6.45) is 0.653. The number of sulfonamides is 1. The number of ether oxygens (including phenoxy) is 1. The lowest BCUT2D eigenvalue weighted by molar-refractivity contribution is 0.322. The van der Waals surface area contributed by atoms with Gasteiger partial charge >= 0.3 is 0 Å². The van der Waals surface area contributed by atoms with E-state index in [1.807, 2.05) is 12.1 Å². The van der Waals surface area contributed by atoms with Crippen molar-refractivity contribution in [3.8, 4) is 5.75 Å². The minimum Gasteiger partial charge on any atom is -0.491 e. The third kappa shape index (κ3) is 2.75. The summed E-state index contributed by atoms with van der Waals surface area (Å²) in [4.78, 5) is 1.13. The molecule has 0 radical (unpaired) electrons. The Bertz CT molecular complexity index is 742. The number of para-hydroxylation sites is 2. The molecule has 0 aliphatic carbocycles. The fourth-order valence-corrected chi connectivity index (χ4v) is 5.13. The number of fused-ring (bicyclic) bond motifs is 1. The molecule has 0 N–H and O–H groups in total. The monoisotopic (exact) mass is 343 g/mol. The van der Waals surface area contributed by atoms with Crippen molar-refractivity contribution >= 4 is 38.6 Å². The molecule has 0 spiro atoms. The molecule has 1 aliphatic heterocycles. The second-order valence-corrected chi connectivity index (χ2v) is 7.75. The van der Waals surface area contributed by atoms with Crippen molar-refractivity contribution in [2.24, 2.45) is 0 Å². The fourth-order valence-electron chi connectivity index (χ4n) is 2.24. The summed E-state index contributed by atoms with van der Waals surface area (Å²) in [5.74, 6) is 0.922. The number of rotatable bonds is 3. The van der Waals surface area contributed by atoms with Crippen molar-refractivity contribution in [1.29, 1.82) is 0 Å². The number of thiophene rings is 1. The lowest BCUT2D eigenvalue weighted by Gasteiger charge is -2.22. The highest BCUT2D eigenvalue weighted by Crippen LogP contribution is 2.35. The van der Waals surface area contributed by atoms with E-state index in [1.165, 1.54) is 15.6 Å². The van der Waals surface area contributed by atoms with Crippen molar-refractivity contribution in [3.05, 3.63) is 40.6 Å². The molecule has 0 atom stereocenters. The van der Waals surface area contributed by atoms with Crippen LogP contribution < -0.4 is 9.04 Å². The molecule has 0 saturated carbocycles. The summed E-state index contributed by atoms with van der Waals surface area (Å²) in [7, 11) is -3.58. The standard InChI is InChI=1S/C14H14ClNO3S2/c15-9-11-8-12(10-20-11)21(17,18)16-6-3-7-19-14-5-2-1-4-13(14)16/h1-2,4-5,8,10H,3,6-7,9H2. The molecule has 0 amide bonds. The van der Waals surface area contributed by atoms with Gasteiger partial charge in [-0.1, -0.05) is 12.1 Å². The maximum absolute atomic E-state index is 12.9. The molecule has 0 bridgehead atoms. The molecule has 2 aromatic rings. The molecule has 1 aliphatic rings. The smallest absolute Gasteiger partial charge is 0.265 e. The number of hydrogen-bond acceptors (Lipinski definition) is 4. The molecule has 0 saturated heterocycles. The van der Waals surface area contributed by atoms with Gasteiger partial charge in [-0.25, -0.2) is 8.42 Å². The zero-order valence-electron chi connectivity index (χ0n) is 11.2. The van der Waals surface area contributed by atoms with Gasteiger partial charge in [0.05, 0.1) is 23.1 Å². The Hall–Kier alpha value is -1.24. The quantitative estimate of drug-likeness (QED) is 0.802. The minimum absolute atomic E-state index is 0.292. The zero-order valence-corrected chi connectivity index (χ0v) is 13.5. The Kier molecular flexibility index (Phi) is 4.10. The molecule has 2 heterocycles. The van der Waals surface area contributed by atoms with E-state index < -0.39 is 10.0 Å². The Morgan fingerprint density at radius 3 is 2.90 bits per heavy atom. The fraction of sp³-hybridized carbons (Fsp3) is 0.286. The van der Waals surface area contributed by atoms with E-state index in [0.717, 1.165) is 4.88 Å². The number of nitrogens with zero attached hydrogens (tertiary/aromatic N) is 1. The largest absolute Gasteiger partial charge is 0.491 e. The van der Waals surface area contributed by atoms with Gasteiger partial charge in [-0.3, -0.25) is 4.31 Å². The predicted molar refractivity (Wildman–Crippen MR) is 85.0 cm³/mol. The van der Waals surface area contributed by atoms with Crippen LogP contribution in [0.1, 0.15) is 11.3 Å². The highest BCUT2D eigenvalue weighted by atomic mass is 35.5. The van der Waals surface area contributed by atoms with Gasteiger partial charge in [0.2, 0.25) is 0 Å². The van der Waals surface area contributed by atoms with Gasteiger partial charge in [0, 0.05) is 23.2 Å². The molecule has 4 nitrogen and oxygen atoms in total. The molecule has 0 fully saturated rings. The average Bonchev–Trinajstić information content (AvgIpc) is 2.87. The van der Waals surface area contributed by atoms with E-state index in [1.54, 1.807) is 23.6 Å². The van der Waals surface area contributed by atoms with Gasteiger partial charge < -0.3 is 4.74 Å². The summed E-state index contributed by atoms with van der Waals surface area (Å²) in [6, 6.07) is 8.86. The van der Waals surface area contributed by atoms with Gasteiger partial charge in [0.1, 0.15) is 5.75 Å². The van der Waals surface area contributed by atoms with Crippen LogP contribution in [0.4, 0.5) is 5.69 Å². The van der Waals surface area contributed by atoms with E-state index in [4.69, 9.17) is 16.3 Å². The molecule has 0 unspecified atom stereocenters. The van der Waals surface area contributed by atoms with E-state index >= 15 is 0 Å². The van der Waals surface area contributed by atoms with Crippen LogP contribution in [0.3, 0.4) is 0 Å². The highest BCUT2D eigenvalue weighted by molar-refractivity contribution is 7.93. The Labute approximate surface area is 133 Å². The highest BCUT2D eigenvalue weighted by Gasteiger charge is 2.29. The van der Waals surface area contributed by atoms with Crippen molar-refractivity contribution in [2.75, 3.05) is 17.5 Å². The molecular weight excluding hydrogens is 330 g/mol. The third-order valence-corrected chi connectivity index (χ3v) is 6.57. The Balaban J connectivity index is 2.06. The maximum atomic E-state index is 12.9. The molecule has 112 valence electrons. The second kappa shape index (κ2) is 5.87.